The molecule has 3 rings (SSSR count). The van der Waals surface area contributed by atoms with Crippen molar-refractivity contribution in [1.29, 1.82) is 0 Å². The number of nitrogens with one attached hydrogen (secondary N) is 1. The molecule has 0 atom stereocenters. The molecule has 1 aromatic carbocycles. The van der Waals surface area contributed by atoms with Crippen LogP contribution < -0.4 is 16.5 Å². The van der Waals surface area contributed by atoms with E-state index in [4.69, 9.17) is 14.0 Å². The SMILES string of the molecule is CCCCCOC(=O)Nc1nc(=O)n(Cc2ccc(B3OC(C)(C)C(C)(C)O3)cc2)cc1F. The molecule has 10 heteroatoms. The van der Waals surface area contributed by atoms with Crippen molar-refractivity contribution >= 4 is 24.5 Å². The topological polar surface area (TPSA) is 91.7 Å². The Morgan fingerprint density at radius 3 is 2.39 bits per heavy atom. The maximum atomic E-state index is 14.4. The summed E-state index contributed by atoms with van der Waals surface area (Å²) in [5.41, 5.74) is 0.0585. The second-order valence-corrected chi connectivity index (χ2v) is 9.15. The quantitative estimate of drug-likeness (QED) is 0.480. The van der Waals surface area contributed by atoms with Crippen LogP contribution in [0.15, 0.2) is 35.3 Å². The highest BCUT2D eigenvalue weighted by Crippen LogP contribution is 2.36. The minimum Gasteiger partial charge on any atom is -0.449 e. The van der Waals surface area contributed by atoms with Gasteiger partial charge in [0.25, 0.3) is 0 Å². The molecule has 2 heterocycles. The van der Waals surface area contributed by atoms with Gasteiger partial charge in [0.2, 0.25) is 0 Å². The van der Waals surface area contributed by atoms with Gasteiger partial charge in [-0.15, -0.1) is 0 Å². The van der Waals surface area contributed by atoms with Crippen LogP contribution in [-0.4, -0.2) is 40.6 Å². The molecule has 1 aromatic heterocycles. The molecule has 0 spiro atoms. The number of nitrogens with zero attached hydrogens (tertiary/aromatic N) is 2. The first-order valence-electron chi connectivity index (χ1n) is 11.2. The van der Waals surface area contributed by atoms with Gasteiger partial charge in [-0.05, 0) is 45.1 Å². The highest BCUT2D eigenvalue weighted by atomic mass is 19.1. The maximum absolute atomic E-state index is 14.4. The van der Waals surface area contributed by atoms with Crippen LogP contribution in [0.2, 0.25) is 0 Å². The van der Waals surface area contributed by atoms with E-state index in [2.05, 4.69) is 10.3 Å². The van der Waals surface area contributed by atoms with Gasteiger partial charge in [0.1, 0.15) is 0 Å². The smallest absolute Gasteiger partial charge is 0.449 e. The highest BCUT2D eigenvalue weighted by molar-refractivity contribution is 6.62. The lowest BCUT2D eigenvalue weighted by molar-refractivity contribution is 0.00578. The summed E-state index contributed by atoms with van der Waals surface area (Å²) in [6.45, 7) is 10.3. The lowest BCUT2D eigenvalue weighted by Crippen LogP contribution is -2.41. The van der Waals surface area contributed by atoms with Crippen LogP contribution in [0.25, 0.3) is 0 Å². The molecule has 1 fully saturated rings. The minimum absolute atomic E-state index is 0.119. The van der Waals surface area contributed by atoms with Crippen LogP contribution in [0.4, 0.5) is 15.0 Å². The van der Waals surface area contributed by atoms with Gasteiger partial charge in [-0.25, -0.2) is 14.0 Å². The van der Waals surface area contributed by atoms with Crippen molar-refractivity contribution in [2.45, 2.75) is 71.6 Å². The number of rotatable bonds is 8. The number of halogens is 1. The van der Waals surface area contributed by atoms with Crippen molar-refractivity contribution in [1.82, 2.24) is 9.55 Å². The third-order valence-corrected chi connectivity index (χ3v) is 6.01. The third-order valence-electron chi connectivity index (χ3n) is 6.01. The monoisotopic (exact) mass is 459 g/mol. The molecule has 33 heavy (non-hydrogen) atoms. The fraction of sp³-hybridized carbons (Fsp3) is 0.522. The molecule has 1 aliphatic heterocycles. The van der Waals surface area contributed by atoms with E-state index in [1.54, 1.807) is 0 Å². The first-order valence-corrected chi connectivity index (χ1v) is 11.2. The summed E-state index contributed by atoms with van der Waals surface area (Å²) in [5, 5.41) is 2.18. The Kier molecular flexibility index (Phi) is 7.59. The van der Waals surface area contributed by atoms with E-state index in [9.17, 15) is 14.0 Å². The average Bonchev–Trinajstić information content (AvgIpc) is 2.96. The molecule has 0 saturated carbocycles. The summed E-state index contributed by atoms with van der Waals surface area (Å²) in [6, 6.07) is 7.36. The zero-order valence-electron chi connectivity index (χ0n) is 19.8. The van der Waals surface area contributed by atoms with E-state index >= 15 is 0 Å². The number of aromatic nitrogens is 2. The predicted octanol–water partition coefficient (Wildman–Crippen LogP) is 3.47. The van der Waals surface area contributed by atoms with Gasteiger partial charge < -0.3 is 14.0 Å². The van der Waals surface area contributed by atoms with Crippen LogP contribution in [0.1, 0.15) is 59.4 Å². The largest absolute Gasteiger partial charge is 0.494 e. The molecule has 0 bridgehead atoms. The van der Waals surface area contributed by atoms with Gasteiger partial charge >= 0.3 is 18.9 Å². The van der Waals surface area contributed by atoms with Crippen molar-refractivity contribution in [3.63, 3.8) is 0 Å². The fourth-order valence-electron chi connectivity index (χ4n) is 3.27. The molecule has 2 aromatic rings. The Bertz CT molecular complexity index is 1020. The van der Waals surface area contributed by atoms with Gasteiger partial charge in [0.05, 0.1) is 24.4 Å². The van der Waals surface area contributed by atoms with Crippen molar-refractivity contribution in [3.8, 4) is 0 Å². The van der Waals surface area contributed by atoms with Gasteiger partial charge in [-0.3, -0.25) is 9.88 Å². The summed E-state index contributed by atoms with van der Waals surface area (Å²) < 4.78 is 32.6. The number of ether oxygens (including phenoxy) is 1. The lowest BCUT2D eigenvalue weighted by atomic mass is 9.79. The fourth-order valence-corrected chi connectivity index (χ4v) is 3.27. The van der Waals surface area contributed by atoms with E-state index in [0.717, 1.165) is 34.6 Å². The Labute approximate surface area is 193 Å². The molecule has 1 amide bonds. The number of unbranched alkanes of at least 4 members (excludes halogenated alkanes) is 2. The van der Waals surface area contributed by atoms with Crippen molar-refractivity contribution in [2.75, 3.05) is 11.9 Å². The number of hydrogen-bond acceptors (Lipinski definition) is 6. The highest BCUT2D eigenvalue weighted by Gasteiger charge is 2.51. The standard InChI is InChI=1S/C23H31BFN3O5/c1-6-7-8-13-31-21(30)27-19-18(25)15-28(20(29)26-19)14-16-9-11-17(12-10-16)24-32-22(2,3)23(4,5)33-24/h9-12,15H,6-8,13-14H2,1-5H3,(H,26,27,29,30). The van der Waals surface area contributed by atoms with Crippen LogP contribution in [0.3, 0.4) is 0 Å². The van der Waals surface area contributed by atoms with E-state index in [1.165, 1.54) is 0 Å². The molecule has 8 nitrogen and oxygen atoms in total. The number of carbonyl (C=O) groups is 1. The summed E-state index contributed by atoms with van der Waals surface area (Å²) in [6.07, 6.45) is 2.81. The molecular formula is C23H31BFN3O5. The maximum Gasteiger partial charge on any atom is 0.494 e. The van der Waals surface area contributed by atoms with Gasteiger partial charge in [0.15, 0.2) is 11.6 Å². The van der Waals surface area contributed by atoms with Crippen molar-refractivity contribution in [3.05, 3.63) is 52.3 Å². The number of benzene rings is 1. The van der Waals surface area contributed by atoms with Gasteiger partial charge in [-0.1, -0.05) is 44.0 Å². The Hall–Kier alpha value is -2.72. The Morgan fingerprint density at radius 1 is 1.15 bits per heavy atom. The zero-order valence-corrected chi connectivity index (χ0v) is 19.8. The summed E-state index contributed by atoms with van der Waals surface area (Å²) in [7, 11) is -0.488. The van der Waals surface area contributed by atoms with Crippen LogP contribution in [0.5, 0.6) is 0 Å². The number of hydrogen-bond donors (Lipinski definition) is 1. The third kappa shape index (κ3) is 6.00. The van der Waals surface area contributed by atoms with E-state index in [0.29, 0.717) is 6.42 Å². The van der Waals surface area contributed by atoms with E-state index in [1.807, 2.05) is 58.9 Å². The predicted molar refractivity (Wildman–Crippen MR) is 124 cm³/mol. The molecule has 0 unspecified atom stereocenters. The molecule has 178 valence electrons. The van der Waals surface area contributed by atoms with Crippen molar-refractivity contribution < 1.29 is 23.2 Å². The summed E-state index contributed by atoms with van der Waals surface area (Å²) in [4.78, 5) is 27.8. The van der Waals surface area contributed by atoms with E-state index < -0.39 is 41.7 Å². The van der Waals surface area contributed by atoms with E-state index in [-0.39, 0.29) is 13.2 Å². The zero-order chi connectivity index (χ0) is 24.2. The minimum atomic E-state index is -0.840. The normalized spacial score (nSPS) is 16.6. The Balaban J connectivity index is 1.64. The lowest BCUT2D eigenvalue weighted by Gasteiger charge is -2.32. The van der Waals surface area contributed by atoms with Crippen LogP contribution in [0, 0.1) is 5.82 Å². The molecule has 0 aliphatic carbocycles. The molecule has 1 saturated heterocycles. The van der Waals surface area contributed by atoms with Crippen LogP contribution in [-0.2, 0) is 20.6 Å². The first kappa shape index (κ1) is 24.9. The number of amides is 1. The molecule has 1 N–H and O–H groups in total. The second kappa shape index (κ2) is 10.0. The summed E-state index contributed by atoms with van der Waals surface area (Å²) in [5.74, 6) is -1.28. The first-order chi connectivity index (χ1) is 15.5. The molecule has 1 aliphatic rings. The number of anilines is 1. The molecule has 0 radical (unpaired) electrons. The molecular weight excluding hydrogens is 428 g/mol. The van der Waals surface area contributed by atoms with Crippen molar-refractivity contribution in [2.24, 2.45) is 0 Å². The van der Waals surface area contributed by atoms with Gasteiger partial charge in [0, 0.05) is 6.20 Å². The Morgan fingerprint density at radius 2 is 1.79 bits per heavy atom. The van der Waals surface area contributed by atoms with Crippen LogP contribution >= 0.6 is 0 Å². The number of carbonyl (C=O) groups excluding carboxylic acids is 1. The van der Waals surface area contributed by atoms with Gasteiger partial charge in [-0.2, -0.15) is 4.98 Å². The second-order valence-electron chi connectivity index (χ2n) is 9.15. The average molecular weight is 459 g/mol. The summed E-state index contributed by atoms with van der Waals surface area (Å²) >= 11 is 0.